The summed E-state index contributed by atoms with van der Waals surface area (Å²) in [5.41, 5.74) is 1.19. The van der Waals surface area contributed by atoms with Crippen molar-refractivity contribution in [3.8, 4) is 0 Å². The lowest BCUT2D eigenvalue weighted by Gasteiger charge is -2.40. The largest absolute Gasteiger partial charge is 0.366 e. The second-order valence-electron chi connectivity index (χ2n) is 10.4. The van der Waals surface area contributed by atoms with Crippen LogP contribution in [0.4, 0.5) is 11.6 Å². The zero-order valence-corrected chi connectivity index (χ0v) is 19.1. The number of hydrogen-bond acceptors (Lipinski definition) is 5. The Morgan fingerprint density at radius 1 is 0.931 bits per heavy atom. The van der Waals surface area contributed by atoms with Crippen LogP contribution >= 0.6 is 0 Å². The van der Waals surface area contributed by atoms with E-state index in [9.17, 15) is 0 Å². The van der Waals surface area contributed by atoms with Gasteiger partial charge in [-0.15, -0.1) is 0 Å². The molecule has 4 heterocycles. The normalized spacial score (nSPS) is 28.0. The van der Waals surface area contributed by atoms with Crippen molar-refractivity contribution in [2.75, 3.05) is 42.5 Å². The summed E-state index contributed by atoms with van der Waals surface area (Å²) in [5, 5.41) is 0. The molecule has 1 aromatic rings. The summed E-state index contributed by atoms with van der Waals surface area (Å²) in [6.07, 6.45) is 12.1. The summed E-state index contributed by atoms with van der Waals surface area (Å²) in [7, 11) is 0. The summed E-state index contributed by atoms with van der Waals surface area (Å²) in [5.74, 6) is 3.46. The molecule has 1 aromatic heterocycles. The van der Waals surface area contributed by atoms with E-state index >= 15 is 0 Å². The maximum Gasteiger partial charge on any atom is 0.225 e. The number of nitrogens with zero attached hydrogens (tertiary/aromatic N) is 5. The highest BCUT2D eigenvalue weighted by atomic mass is 15.3. The van der Waals surface area contributed by atoms with Crippen molar-refractivity contribution in [2.45, 2.75) is 78.3 Å². The monoisotopic (exact) mass is 399 g/mol. The third kappa shape index (κ3) is 4.87. The van der Waals surface area contributed by atoms with Gasteiger partial charge in [-0.1, -0.05) is 27.7 Å². The fraction of sp³-hybridized carbons (Fsp3) is 0.833. The molecule has 3 aliphatic rings. The maximum atomic E-state index is 4.84. The average molecular weight is 400 g/mol. The summed E-state index contributed by atoms with van der Waals surface area (Å²) >= 11 is 0. The van der Waals surface area contributed by atoms with Crippen molar-refractivity contribution < 1.29 is 0 Å². The molecule has 2 unspecified atom stereocenters. The van der Waals surface area contributed by atoms with Crippen LogP contribution in [0.25, 0.3) is 0 Å². The molecular formula is C24H41N5. The molecule has 0 amide bonds. The topological polar surface area (TPSA) is 35.5 Å². The van der Waals surface area contributed by atoms with Crippen molar-refractivity contribution in [3.05, 3.63) is 12.4 Å². The van der Waals surface area contributed by atoms with E-state index in [1.807, 2.05) is 0 Å². The zero-order chi connectivity index (χ0) is 20.4. The van der Waals surface area contributed by atoms with E-state index < -0.39 is 0 Å². The fourth-order valence-corrected chi connectivity index (χ4v) is 5.65. The van der Waals surface area contributed by atoms with E-state index in [0.29, 0.717) is 12.1 Å². The van der Waals surface area contributed by atoms with Gasteiger partial charge in [0.05, 0.1) is 18.1 Å². The van der Waals surface area contributed by atoms with Crippen LogP contribution in [0.5, 0.6) is 0 Å². The molecule has 0 aliphatic carbocycles. The number of piperazine rings is 1. The second-order valence-corrected chi connectivity index (χ2v) is 10.4. The van der Waals surface area contributed by atoms with Gasteiger partial charge in [-0.3, -0.25) is 4.90 Å². The lowest BCUT2D eigenvalue weighted by atomic mass is 9.83. The Morgan fingerprint density at radius 2 is 1.55 bits per heavy atom. The van der Waals surface area contributed by atoms with E-state index in [0.717, 1.165) is 49.9 Å². The van der Waals surface area contributed by atoms with Crippen molar-refractivity contribution in [1.82, 2.24) is 14.9 Å². The molecule has 3 aliphatic heterocycles. The highest BCUT2D eigenvalue weighted by Crippen LogP contribution is 2.42. The van der Waals surface area contributed by atoms with Crippen LogP contribution in [-0.2, 0) is 0 Å². The average Bonchev–Trinajstić information content (AvgIpc) is 2.97. The van der Waals surface area contributed by atoms with E-state index in [1.54, 1.807) is 0 Å². The molecule has 3 saturated heterocycles. The lowest BCUT2D eigenvalue weighted by Crippen LogP contribution is -2.47. The molecule has 162 valence electrons. The van der Waals surface area contributed by atoms with E-state index in [1.165, 1.54) is 50.8 Å². The molecular weight excluding hydrogens is 358 g/mol. The smallest absolute Gasteiger partial charge is 0.225 e. The highest BCUT2D eigenvalue weighted by Gasteiger charge is 2.42. The molecule has 0 aromatic carbocycles. The number of fused-ring (bicyclic) bond motifs is 2. The fourth-order valence-electron chi connectivity index (χ4n) is 5.65. The summed E-state index contributed by atoms with van der Waals surface area (Å²) < 4.78 is 0. The number of piperidine rings is 1. The van der Waals surface area contributed by atoms with Gasteiger partial charge in [0.15, 0.2) is 0 Å². The van der Waals surface area contributed by atoms with Gasteiger partial charge in [-0.05, 0) is 62.8 Å². The molecule has 5 heteroatoms. The molecule has 5 nitrogen and oxygen atoms in total. The molecule has 2 atom stereocenters. The molecule has 0 saturated carbocycles. The van der Waals surface area contributed by atoms with Gasteiger partial charge in [0.1, 0.15) is 0 Å². The molecule has 2 bridgehead atoms. The van der Waals surface area contributed by atoms with Crippen molar-refractivity contribution in [2.24, 2.45) is 17.8 Å². The summed E-state index contributed by atoms with van der Waals surface area (Å²) in [6, 6.07) is 1.31. The molecule has 0 spiro atoms. The Kier molecular flexibility index (Phi) is 6.63. The number of rotatable bonds is 7. The van der Waals surface area contributed by atoms with Crippen LogP contribution in [0, 0.1) is 17.8 Å². The SMILES string of the molecule is CC(C)CCCN1CCN(c2cnc(N3C4CCC3CC(C(C)C)C4)nc2)CC1. The van der Waals surface area contributed by atoms with Crippen LogP contribution in [0.1, 0.15) is 66.2 Å². The highest BCUT2D eigenvalue weighted by molar-refractivity contribution is 5.47. The van der Waals surface area contributed by atoms with Gasteiger partial charge in [-0.25, -0.2) is 9.97 Å². The second kappa shape index (κ2) is 9.20. The van der Waals surface area contributed by atoms with Crippen molar-refractivity contribution in [1.29, 1.82) is 0 Å². The Balaban J connectivity index is 1.30. The molecule has 29 heavy (non-hydrogen) atoms. The molecule has 3 fully saturated rings. The minimum atomic E-state index is 0.654. The van der Waals surface area contributed by atoms with E-state index in [2.05, 4.69) is 54.8 Å². The van der Waals surface area contributed by atoms with Crippen molar-refractivity contribution >= 4 is 11.6 Å². The van der Waals surface area contributed by atoms with Gasteiger partial charge >= 0.3 is 0 Å². The standard InChI is InChI=1S/C24H41N5/c1-18(2)6-5-9-27-10-12-28(13-11-27)23-16-25-24(26-17-23)29-21-7-8-22(29)15-20(14-21)19(3)4/h16-22H,5-15H2,1-4H3. The molecule has 0 radical (unpaired) electrons. The Hall–Kier alpha value is -1.36. The Bertz CT molecular complexity index is 621. The maximum absolute atomic E-state index is 4.84. The van der Waals surface area contributed by atoms with Crippen molar-refractivity contribution in [3.63, 3.8) is 0 Å². The third-order valence-electron chi connectivity index (χ3n) is 7.56. The molecule has 4 rings (SSSR count). The first kappa shape index (κ1) is 20.9. The number of hydrogen-bond donors (Lipinski definition) is 0. The van der Waals surface area contributed by atoms with Gasteiger partial charge in [-0.2, -0.15) is 0 Å². The predicted octanol–water partition coefficient (Wildman–Crippen LogP) is 4.44. The van der Waals surface area contributed by atoms with Crippen LogP contribution in [0.3, 0.4) is 0 Å². The van der Waals surface area contributed by atoms with E-state index in [4.69, 9.17) is 9.97 Å². The van der Waals surface area contributed by atoms with Crippen LogP contribution in [-0.4, -0.2) is 59.7 Å². The van der Waals surface area contributed by atoms with Crippen LogP contribution in [0.15, 0.2) is 12.4 Å². The zero-order valence-electron chi connectivity index (χ0n) is 19.1. The quantitative estimate of drug-likeness (QED) is 0.677. The first-order chi connectivity index (χ1) is 14.0. The minimum absolute atomic E-state index is 0.654. The summed E-state index contributed by atoms with van der Waals surface area (Å²) in [6.45, 7) is 15.2. The minimum Gasteiger partial charge on any atom is -0.366 e. The van der Waals surface area contributed by atoms with Gasteiger partial charge in [0.25, 0.3) is 0 Å². The number of anilines is 2. The molecule has 0 N–H and O–H groups in total. The lowest BCUT2D eigenvalue weighted by molar-refractivity contribution is 0.248. The Morgan fingerprint density at radius 3 is 2.10 bits per heavy atom. The number of aromatic nitrogens is 2. The van der Waals surface area contributed by atoms with Gasteiger partial charge in [0, 0.05) is 38.3 Å². The van der Waals surface area contributed by atoms with Crippen LogP contribution in [0.2, 0.25) is 0 Å². The predicted molar refractivity (Wildman–Crippen MR) is 122 cm³/mol. The van der Waals surface area contributed by atoms with Gasteiger partial charge < -0.3 is 9.80 Å². The van der Waals surface area contributed by atoms with E-state index in [-0.39, 0.29) is 0 Å². The Labute approximate surface area is 177 Å². The third-order valence-corrected chi connectivity index (χ3v) is 7.56. The van der Waals surface area contributed by atoms with Crippen LogP contribution < -0.4 is 9.80 Å². The van der Waals surface area contributed by atoms with Gasteiger partial charge in [0.2, 0.25) is 5.95 Å². The summed E-state index contributed by atoms with van der Waals surface area (Å²) in [4.78, 5) is 17.3. The first-order valence-corrected chi connectivity index (χ1v) is 12.1. The first-order valence-electron chi connectivity index (χ1n) is 12.1.